The summed E-state index contributed by atoms with van der Waals surface area (Å²) in [6.45, 7) is 4.24. The zero-order valence-corrected chi connectivity index (χ0v) is 17.3. The molecule has 0 unspecified atom stereocenters. The lowest BCUT2D eigenvalue weighted by Gasteiger charge is -2.31. The third-order valence-electron chi connectivity index (χ3n) is 5.45. The second kappa shape index (κ2) is 9.11. The van der Waals surface area contributed by atoms with Crippen molar-refractivity contribution in [2.75, 3.05) is 24.6 Å². The molecule has 9 heteroatoms. The van der Waals surface area contributed by atoms with Crippen LogP contribution in [0, 0.1) is 11.7 Å². The van der Waals surface area contributed by atoms with Gasteiger partial charge < -0.3 is 9.64 Å². The number of esters is 1. The summed E-state index contributed by atoms with van der Waals surface area (Å²) in [6.07, 6.45) is 8.27. The first-order valence-corrected chi connectivity index (χ1v) is 10.3. The Hall–Kier alpha value is -3.49. The first kappa shape index (κ1) is 20.8. The van der Waals surface area contributed by atoms with Crippen molar-refractivity contribution < 1.29 is 13.9 Å². The lowest BCUT2D eigenvalue weighted by Crippen LogP contribution is -2.37. The van der Waals surface area contributed by atoms with E-state index < -0.39 is 5.97 Å². The molecule has 3 aromatic rings. The molecular formula is C22H24FN5O3. The number of hydrogen-bond acceptors (Lipinski definition) is 6. The Balaban J connectivity index is 1.35. The van der Waals surface area contributed by atoms with Gasteiger partial charge in [0.1, 0.15) is 5.82 Å². The highest BCUT2D eigenvalue weighted by atomic mass is 19.1. The fourth-order valence-corrected chi connectivity index (χ4v) is 3.75. The van der Waals surface area contributed by atoms with Gasteiger partial charge >= 0.3 is 11.7 Å². The summed E-state index contributed by atoms with van der Waals surface area (Å²) in [4.78, 5) is 35.1. The number of rotatable bonds is 6. The van der Waals surface area contributed by atoms with Crippen LogP contribution in [0.4, 0.5) is 10.3 Å². The first-order valence-electron chi connectivity index (χ1n) is 10.3. The monoisotopic (exact) mass is 425 g/mol. The number of benzene rings is 1. The summed E-state index contributed by atoms with van der Waals surface area (Å²) in [7, 11) is 0. The Morgan fingerprint density at radius 3 is 2.45 bits per heavy atom. The molecule has 3 heterocycles. The number of carbonyl (C=O) groups excluding carboxylic acids is 1. The molecule has 1 aliphatic heterocycles. The Bertz CT molecular complexity index is 1080. The van der Waals surface area contributed by atoms with Gasteiger partial charge in [-0.2, -0.15) is 0 Å². The molecule has 1 aliphatic rings. The van der Waals surface area contributed by atoms with Crippen molar-refractivity contribution >= 4 is 11.9 Å². The Morgan fingerprint density at radius 2 is 1.81 bits per heavy atom. The van der Waals surface area contributed by atoms with Crippen LogP contribution in [-0.4, -0.2) is 44.8 Å². The van der Waals surface area contributed by atoms with E-state index in [4.69, 9.17) is 4.74 Å². The quantitative estimate of drug-likeness (QED) is 0.565. The fourth-order valence-electron chi connectivity index (χ4n) is 3.75. The van der Waals surface area contributed by atoms with Crippen molar-refractivity contribution in [1.29, 1.82) is 0 Å². The molecule has 0 spiro atoms. The van der Waals surface area contributed by atoms with Crippen LogP contribution in [0.2, 0.25) is 0 Å². The summed E-state index contributed by atoms with van der Waals surface area (Å²) in [5.74, 6) is 0.191. The molecule has 4 rings (SSSR count). The van der Waals surface area contributed by atoms with Gasteiger partial charge in [-0.05, 0) is 49.9 Å². The zero-order chi connectivity index (χ0) is 21.8. The number of halogens is 1. The normalized spacial score (nSPS) is 14.6. The Morgan fingerprint density at radius 1 is 1.13 bits per heavy atom. The van der Waals surface area contributed by atoms with Crippen molar-refractivity contribution in [3.63, 3.8) is 0 Å². The molecule has 0 aliphatic carbocycles. The number of piperidine rings is 1. The van der Waals surface area contributed by atoms with E-state index in [-0.39, 0.29) is 11.5 Å². The van der Waals surface area contributed by atoms with Crippen molar-refractivity contribution in [1.82, 2.24) is 19.1 Å². The molecular weight excluding hydrogens is 401 g/mol. The van der Waals surface area contributed by atoms with E-state index in [1.54, 1.807) is 36.0 Å². The molecule has 1 saturated heterocycles. The van der Waals surface area contributed by atoms with E-state index in [2.05, 4.69) is 14.9 Å². The number of carbonyl (C=O) groups is 1. The number of anilines is 1. The van der Waals surface area contributed by atoms with Gasteiger partial charge in [0.15, 0.2) is 0 Å². The molecule has 0 N–H and O–H groups in total. The molecule has 31 heavy (non-hydrogen) atoms. The van der Waals surface area contributed by atoms with Crippen LogP contribution in [0.15, 0.2) is 53.8 Å². The van der Waals surface area contributed by atoms with Crippen LogP contribution < -0.4 is 10.6 Å². The van der Waals surface area contributed by atoms with Crippen molar-refractivity contribution in [3.8, 4) is 5.69 Å². The van der Waals surface area contributed by atoms with E-state index >= 15 is 0 Å². The maximum atomic E-state index is 13.1. The minimum absolute atomic E-state index is 0.132. The molecule has 0 amide bonds. The van der Waals surface area contributed by atoms with Crippen LogP contribution in [0.3, 0.4) is 0 Å². The zero-order valence-electron chi connectivity index (χ0n) is 17.3. The lowest BCUT2D eigenvalue weighted by atomic mass is 9.97. The van der Waals surface area contributed by atoms with E-state index in [9.17, 15) is 14.0 Å². The van der Waals surface area contributed by atoms with E-state index in [0.717, 1.165) is 25.9 Å². The minimum Gasteiger partial charge on any atom is -0.462 e. The maximum absolute atomic E-state index is 13.1. The highest BCUT2D eigenvalue weighted by Gasteiger charge is 2.22. The molecule has 0 saturated carbocycles. The number of ether oxygens (including phenoxy) is 1. The van der Waals surface area contributed by atoms with Crippen molar-refractivity contribution in [3.05, 3.63) is 70.9 Å². The summed E-state index contributed by atoms with van der Waals surface area (Å²) >= 11 is 0. The molecule has 0 atom stereocenters. The van der Waals surface area contributed by atoms with Gasteiger partial charge in [-0.1, -0.05) is 0 Å². The number of hydrogen-bond donors (Lipinski definition) is 0. The summed E-state index contributed by atoms with van der Waals surface area (Å²) < 4.78 is 21.3. The highest BCUT2D eigenvalue weighted by molar-refractivity contribution is 5.88. The van der Waals surface area contributed by atoms with Crippen molar-refractivity contribution in [2.45, 2.75) is 26.3 Å². The third-order valence-corrected chi connectivity index (χ3v) is 5.45. The van der Waals surface area contributed by atoms with E-state index in [1.807, 2.05) is 0 Å². The average Bonchev–Trinajstić information content (AvgIpc) is 3.15. The highest BCUT2D eigenvalue weighted by Crippen LogP contribution is 2.22. The molecule has 0 bridgehead atoms. The van der Waals surface area contributed by atoms with Crippen LogP contribution >= 0.6 is 0 Å². The van der Waals surface area contributed by atoms with Crippen LogP contribution in [0.1, 0.15) is 30.1 Å². The molecule has 162 valence electrons. The molecule has 2 aromatic heterocycles. The molecule has 0 radical (unpaired) electrons. The second-order valence-corrected chi connectivity index (χ2v) is 7.50. The van der Waals surface area contributed by atoms with Crippen LogP contribution in [0.5, 0.6) is 0 Å². The van der Waals surface area contributed by atoms with Gasteiger partial charge in [0.25, 0.3) is 0 Å². The van der Waals surface area contributed by atoms with Gasteiger partial charge in [0, 0.05) is 44.4 Å². The predicted octanol–water partition coefficient (Wildman–Crippen LogP) is 2.66. The van der Waals surface area contributed by atoms with Gasteiger partial charge in [0.05, 0.1) is 17.9 Å². The van der Waals surface area contributed by atoms with Gasteiger partial charge in [-0.25, -0.2) is 23.9 Å². The summed E-state index contributed by atoms with van der Waals surface area (Å²) in [5.41, 5.74) is 0.848. The Kier molecular flexibility index (Phi) is 6.11. The molecule has 8 nitrogen and oxygen atoms in total. The standard InChI is InChI=1S/C22H24FN5O3/c1-2-31-20(29)17-13-24-21(25-14-17)26-9-7-16(8-10-26)15-27-11-12-28(22(27)30)19-5-3-18(23)4-6-19/h3-6,11-14,16H,2,7-10,15H2,1H3. The summed E-state index contributed by atoms with van der Waals surface area (Å²) in [6, 6.07) is 5.87. The minimum atomic E-state index is -0.425. The predicted molar refractivity (Wildman–Crippen MR) is 113 cm³/mol. The van der Waals surface area contributed by atoms with Crippen molar-refractivity contribution in [2.24, 2.45) is 5.92 Å². The van der Waals surface area contributed by atoms with Gasteiger partial charge in [-0.3, -0.25) is 9.13 Å². The lowest BCUT2D eigenvalue weighted by molar-refractivity contribution is 0.0525. The molecule has 1 fully saturated rings. The number of imidazole rings is 1. The van der Waals surface area contributed by atoms with Gasteiger partial charge in [-0.15, -0.1) is 0 Å². The largest absolute Gasteiger partial charge is 0.462 e. The van der Waals surface area contributed by atoms with Crippen LogP contribution in [-0.2, 0) is 11.3 Å². The maximum Gasteiger partial charge on any atom is 0.341 e. The van der Waals surface area contributed by atoms with Crippen LogP contribution in [0.25, 0.3) is 5.69 Å². The smallest absolute Gasteiger partial charge is 0.341 e. The summed E-state index contributed by atoms with van der Waals surface area (Å²) in [5, 5.41) is 0. The number of nitrogens with zero attached hydrogens (tertiary/aromatic N) is 5. The van der Waals surface area contributed by atoms with E-state index in [1.165, 1.54) is 29.1 Å². The molecule has 1 aromatic carbocycles. The third kappa shape index (κ3) is 4.65. The number of aromatic nitrogens is 4. The average molecular weight is 425 g/mol. The second-order valence-electron chi connectivity index (χ2n) is 7.50. The Labute approximate surface area is 178 Å². The van der Waals surface area contributed by atoms with Gasteiger partial charge in [0.2, 0.25) is 5.95 Å². The van der Waals surface area contributed by atoms with E-state index in [0.29, 0.717) is 36.3 Å². The topological polar surface area (TPSA) is 82.2 Å². The fraction of sp³-hybridized carbons (Fsp3) is 0.364. The SMILES string of the molecule is CCOC(=O)c1cnc(N2CCC(Cn3ccn(-c4ccc(F)cc4)c3=O)CC2)nc1. The first-order chi connectivity index (χ1) is 15.0.